The Hall–Kier alpha value is -2.21. The molecule has 1 N–H and O–H groups in total. The largest absolute Gasteiger partial charge is 0.312 e. The molecule has 6 heteroatoms. The van der Waals surface area contributed by atoms with E-state index in [4.69, 9.17) is 0 Å². The van der Waals surface area contributed by atoms with Gasteiger partial charge in [0.1, 0.15) is 0 Å². The maximum Gasteiger partial charge on any atom is 0.231 e. The van der Waals surface area contributed by atoms with Gasteiger partial charge in [-0.1, -0.05) is 6.07 Å². The molecule has 3 aliphatic rings. The van der Waals surface area contributed by atoms with Gasteiger partial charge < -0.3 is 10.2 Å². The first-order chi connectivity index (χ1) is 12.7. The van der Waals surface area contributed by atoms with Crippen LogP contribution in [0.4, 0.5) is 10.8 Å². The number of fused-ring (bicyclic) bond motifs is 1. The molecule has 26 heavy (non-hydrogen) atoms. The zero-order valence-electron chi connectivity index (χ0n) is 14.5. The van der Waals surface area contributed by atoms with Crippen molar-refractivity contribution in [2.75, 3.05) is 16.8 Å². The van der Waals surface area contributed by atoms with Crippen LogP contribution in [0.1, 0.15) is 48.4 Å². The van der Waals surface area contributed by atoms with Gasteiger partial charge in [0.25, 0.3) is 0 Å². The number of nitrogens with zero attached hydrogens (tertiary/aromatic N) is 2. The minimum Gasteiger partial charge on any atom is -0.312 e. The smallest absolute Gasteiger partial charge is 0.231 e. The summed E-state index contributed by atoms with van der Waals surface area (Å²) in [6, 6.07) is 6.28. The van der Waals surface area contributed by atoms with Gasteiger partial charge in [0.15, 0.2) is 5.13 Å². The van der Waals surface area contributed by atoms with E-state index in [1.54, 1.807) is 4.90 Å². The summed E-state index contributed by atoms with van der Waals surface area (Å²) in [5.41, 5.74) is 4.76. The maximum absolute atomic E-state index is 12.6. The maximum atomic E-state index is 12.6. The first-order valence-corrected chi connectivity index (χ1v) is 10.2. The van der Waals surface area contributed by atoms with Crippen LogP contribution >= 0.6 is 11.3 Å². The van der Waals surface area contributed by atoms with Crippen molar-refractivity contribution in [3.63, 3.8) is 0 Å². The van der Waals surface area contributed by atoms with Gasteiger partial charge >= 0.3 is 0 Å². The molecule has 1 saturated carbocycles. The molecule has 5 rings (SSSR count). The number of carbonyl (C=O) groups excluding carboxylic acids is 2. The molecule has 1 unspecified atom stereocenters. The van der Waals surface area contributed by atoms with E-state index in [-0.39, 0.29) is 24.2 Å². The lowest BCUT2D eigenvalue weighted by molar-refractivity contribution is -0.122. The first-order valence-electron chi connectivity index (χ1n) is 9.36. The fourth-order valence-corrected chi connectivity index (χ4v) is 4.77. The number of thiazole rings is 1. The number of carbonyl (C=O) groups is 2. The minimum absolute atomic E-state index is 0.0286. The first kappa shape index (κ1) is 16.0. The van der Waals surface area contributed by atoms with Gasteiger partial charge in [0.2, 0.25) is 11.8 Å². The standard InChI is InChI=1S/C20H21N3O2S/c24-18-9-15(19(25)22-20-21-17(11-26-20)13-4-5-13)10-23(18)16-7-6-12-2-1-3-14(12)8-16/h6-8,11,13,15H,1-5,9-10H2,(H,21,22,25). The molecule has 2 heterocycles. The molecule has 0 radical (unpaired) electrons. The van der Waals surface area contributed by atoms with Crippen LogP contribution in [-0.4, -0.2) is 23.3 Å². The number of aryl methyl sites for hydroxylation is 2. The third-order valence-corrected chi connectivity index (χ3v) is 6.41. The predicted molar refractivity (Wildman–Crippen MR) is 102 cm³/mol. The van der Waals surface area contributed by atoms with E-state index >= 15 is 0 Å². The quantitative estimate of drug-likeness (QED) is 0.900. The molecule has 5 nitrogen and oxygen atoms in total. The van der Waals surface area contributed by atoms with Crippen molar-refractivity contribution >= 4 is 34.0 Å². The monoisotopic (exact) mass is 367 g/mol. The molecule has 2 aromatic rings. The molecule has 0 bridgehead atoms. The number of anilines is 2. The van der Waals surface area contributed by atoms with Crippen LogP contribution < -0.4 is 10.2 Å². The Morgan fingerprint density at radius 1 is 1.23 bits per heavy atom. The van der Waals surface area contributed by atoms with Gasteiger partial charge in [-0.15, -0.1) is 11.3 Å². The molecule has 1 aliphatic heterocycles. The Bertz CT molecular complexity index is 887. The average molecular weight is 367 g/mol. The molecule has 1 aromatic carbocycles. The molecule has 0 spiro atoms. The summed E-state index contributed by atoms with van der Waals surface area (Å²) in [6.07, 6.45) is 6.07. The van der Waals surface area contributed by atoms with Gasteiger partial charge in [0, 0.05) is 30.0 Å². The van der Waals surface area contributed by atoms with Gasteiger partial charge in [-0.3, -0.25) is 9.59 Å². The molecule has 134 valence electrons. The van der Waals surface area contributed by atoms with Crippen LogP contribution in [-0.2, 0) is 22.4 Å². The van der Waals surface area contributed by atoms with Gasteiger partial charge in [-0.2, -0.15) is 0 Å². The van der Waals surface area contributed by atoms with Crippen molar-refractivity contribution in [1.29, 1.82) is 0 Å². The molecule has 2 aliphatic carbocycles. The predicted octanol–water partition coefficient (Wildman–Crippen LogP) is 3.50. The van der Waals surface area contributed by atoms with Crippen molar-refractivity contribution in [3.05, 3.63) is 40.4 Å². The van der Waals surface area contributed by atoms with Crippen molar-refractivity contribution in [1.82, 2.24) is 4.98 Å². The van der Waals surface area contributed by atoms with E-state index in [0.29, 0.717) is 17.6 Å². The number of nitrogens with one attached hydrogen (secondary N) is 1. The highest BCUT2D eigenvalue weighted by Crippen LogP contribution is 2.41. The van der Waals surface area contributed by atoms with E-state index in [2.05, 4.69) is 22.4 Å². The molecular weight excluding hydrogens is 346 g/mol. The normalized spacial score (nSPS) is 21.9. The molecule has 2 fully saturated rings. The molecule has 1 atom stereocenters. The van der Waals surface area contributed by atoms with Crippen LogP contribution in [0.15, 0.2) is 23.6 Å². The number of hydrogen-bond acceptors (Lipinski definition) is 4. The van der Waals surface area contributed by atoms with E-state index in [1.807, 2.05) is 11.4 Å². The Balaban J connectivity index is 1.27. The lowest BCUT2D eigenvalue weighted by Crippen LogP contribution is -2.28. The van der Waals surface area contributed by atoms with Crippen molar-refractivity contribution < 1.29 is 9.59 Å². The Morgan fingerprint density at radius 2 is 2.08 bits per heavy atom. The molecular formula is C20H21N3O2S. The summed E-state index contributed by atoms with van der Waals surface area (Å²) < 4.78 is 0. The van der Waals surface area contributed by atoms with Crippen LogP contribution in [0.25, 0.3) is 0 Å². The van der Waals surface area contributed by atoms with Crippen molar-refractivity contribution in [2.24, 2.45) is 5.92 Å². The molecule has 1 aromatic heterocycles. The highest BCUT2D eigenvalue weighted by molar-refractivity contribution is 7.13. The second-order valence-electron chi connectivity index (χ2n) is 7.55. The fraction of sp³-hybridized carbons (Fsp3) is 0.450. The summed E-state index contributed by atoms with van der Waals surface area (Å²) >= 11 is 1.47. The van der Waals surface area contributed by atoms with Crippen molar-refractivity contribution in [2.45, 2.75) is 44.4 Å². The highest BCUT2D eigenvalue weighted by atomic mass is 32.1. The third-order valence-electron chi connectivity index (χ3n) is 5.64. The summed E-state index contributed by atoms with van der Waals surface area (Å²) in [5.74, 6) is 0.198. The zero-order chi connectivity index (χ0) is 17.7. The van der Waals surface area contributed by atoms with Gasteiger partial charge in [-0.25, -0.2) is 4.98 Å². The van der Waals surface area contributed by atoms with Gasteiger partial charge in [0.05, 0.1) is 11.6 Å². The van der Waals surface area contributed by atoms with E-state index in [9.17, 15) is 9.59 Å². The number of benzene rings is 1. The van der Waals surface area contributed by atoms with Crippen LogP contribution in [0, 0.1) is 5.92 Å². The lowest BCUT2D eigenvalue weighted by atomic mass is 10.1. The number of aromatic nitrogens is 1. The van der Waals surface area contributed by atoms with Crippen molar-refractivity contribution in [3.8, 4) is 0 Å². The Labute approximate surface area is 156 Å². The molecule has 2 amide bonds. The van der Waals surface area contributed by atoms with Crippen LogP contribution in [0.3, 0.4) is 0 Å². The average Bonchev–Trinajstić information content (AvgIpc) is 3.05. The highest BCUT2D eigenvalue weighted by Gasteiger charge is 2.36. The lowest BCUT2D eigenvalue weighted by Gasteiger charge is -2.17. The minimum atomic E-state index is -0.316. The number of rotatable bonds is 4. The second-order valence-corrected chi connectivity index (χ2v) is 8.41. The second kappa shape index (κ2) is 6.20. The Kier molecular flexibility index (Phi) is 3.81. The van der Waals surface area contributed by atoms with E-state index in [0.717, 1.165) is 24.2 Å². The summed E-state index contributed by atoms with van der Waals surface area (Å²) in [6.45, 7) is 0.449. The summed E-state index contributed by atoms with van der Waals surface area (Å²) in [4.78, 5) is 31.3. The van der Waals surface area contributed by atoms with Gasteiger partial charge in [-0.05, 0) is 55.4 Å². The summed E-state index contributed by atoms with van der Waals surface area (Å²) in [5, 5.41) is 5.60. The zero-order valence-corrected chi connectivity index (χ0v) is 15.3. The molecule has 1 saturated heterocycles. The topological polar surface area (TPSA) is 62.3 Å². The summed E-state index contributed by atoms with van der Waals surface area (Å²) in [7, 11) is 0. The SMILES string of the molecule is O=C(Nc1nc(C2CC2)cs1)C1CC(=O)N(c2ccc3c(c2)CCC3)C1. The third kappa shape index (κ3) is 2.92. The van der Waals surface area contributed by atoms with Crippen LogP contribution in [0.5, 0.6) is 0 Å². The fourth-order valence-electron chi connectivity index (χ4n) is 3.98. The van der Waals surface area contributed by atoms with Crippen LogP contribution in [0.2, 0.25) is 0 Å². The van der Waals surface area contributed by atoms with E-state index < -0.39 is 0 Å². The number of hydrogen-bond donors (Lipinski definition) is 1. The van der Waals surface area contributed by atoms with E-state index in [1.165, 1.54) is 41.7 Å². The number of amides is 2. The Morgan fingerprint density at radius 3 is 2.92 bits per heavy atom.